The van der Waals surface area contributed by atoms with Gasteiger partial charge in [-0.05, 0) is 51.4 Å². The third kappa shape index (κ3) is 31.3. The summed E-state index contributed by atoms with van der Waals surface area (Å²) < 4.78 is 23.4. The molecule has 0 aliphatic heterocycles. The zero-order chi connectivity index (χ0) is 34.4. The quantitative estimate of drug-likeness (QED) is 0.0285. The molecule has 46 heavy (non-hydrogen) atoms. The molecular weight excluding hydrogens is 599 g/mol. The molecule has 0 aliphatic rings. The van der Waals surface area contributed by atoms with Crippen molar-refractivity contribution in [2.45, 2.75) is 154 Å². The highest BCUT2D eigenvalue weighted by atomic mass is 31.2. The molecule has 0 spiro atoms. The number of hydrogen-bond acceptors (Lipinski definition) is 5. The molecule has 3 unspecified atom stereocenters. The van der Waals surface area contributed by atoms with Crippen LogP contribution in [0.1, 0.15) is 142 Å². The van der Waals surface area contributed by atoms with Gasteiger partial charge in [-0.25, -0.2) is 4.57 Å². The average Bonchev–Trinajstić information content (AvgIpc) is 2.99. The van der Waals surface area contributed by atoms with Gasteiger partial charge in [-0.3, -0.25) is 13.8 Å². The number of likely N-dealkylation sites (N-methyl/N-ethyl adjacent to an activating group) is 1. The van der Waals surface area contributed by atoms with Crippen LogP contribution in [0.25, 0.3) is 0 Å². The summed E-state index contributed by atoms with van der Waals surface area (Å²) in [6, 6.07) is -0.849. The van der Waals surface area contributed by atoms with E-state index >= 15 is 0 Å². The zero-order valence-corrected chi connectivity index (χ0v) is 31.2. The predicted molar refractivity (Wildman–Crippen MR) is 194 cm³/mol. The van der Waals surface area contributed by atoms with Crippen LogP contribution in [0.2, 0.25) is 0 Å². The number of carbonyl (C=O) groups is 1. The van der Waals surface area contributed by atoms with Gasteiger partial charge in [-0.15, -0.1) is 0 Å². The summed E-state index contributed by atoms with van der Waals surface area (Å²) in [6.45, 7) is 4.71. The highest BCUT2D eigenvalue weighted by Gasteiger charge is 2.27. The Balaban J connectivity index is 4.55. The van der Waals surface area contributed by atoms with E-state index in [1.807, 2.05) is 27.2 Å². The standard InChI is InChI=1S/C37H71N2O6P/c1-6-8-10-12-14-16-17-18-19-20-21-23-25-27-29-31-37(41)38-35(34-45-46(42,43)44-33-32-39(3,4)5)36(40)30-28-26-24-22-15-13-11-9-7-2/h14,16,18-19,28,30,35-36,40H,6-13,15,17,20-27,29,31-34H2,1-5H3,(H-,38,41,42,43)/p+1/b16-14-,19-18-,30-28+. The lowest BCUT2D eigenvalue weighted by molar-refractivity contribution is -0.870. The van der Waals surface area contributed by atoms with Crippen LogP contribution in [0.15, 0.2) is 36.5 Å². The summed E-state index contributed by atoms with van der Waals surface area (Å²) in [4.78, 5) is 22.9. The zero-order valence-electron chi connectivity index (χ0n) is 30.3. The van der Waals surface area contributed by atoms with Gasteiger partial charge in [0, 0.05) is 6.42 Å². The smallest absolute Gasteiger partial charge is 0.387 e. The first-order valence-electron chi connectivity index (χ1n) is 18.4. The number of phosphoric acid groups is 1. The van der Waals surface area contributed by atoms with Gasteiger partial charge in [0.25, 0.3) is 0 Å². The van der Waals surface area contributed by atoms with Gasteiger partial charge < -0.3 is 19.8 Å². The molecule has 0 radical (unpaired) electrons. The van der Waals surface area contributed by atoms with Crippen LogP contribution in [0.3, 0.4) is 0 Å². The van der Waals surface area contributed by atoms with Gasteiger partial charge in [0.05, 0.1) is 39.9 Å². The Kier molecular flexibility index (Phi) is 29.0. The van der Waals surface area contributed by atoms with E-state index in [9.17, 15) is 19.4 Å². The molecular formula is C37H72N2O6P+. The van der Waals surface area contributed by atoms with Crippen molar-refractivity contribution in [1.82, 2.24) is 5.32 Å². The molecule has 0 saturated heterocycles. The largest absolute Gasteiger partial charge is 0.472 e. The number of rotatable bonds is 32. The first kappa shape index (κ1) is 44.7. The molecule has 0 aromatic heterocycles. The maximum absolute atomic E-state index is 12.7. The Labute approximate surface area is 283 Å². The normalized spacial score (nSPS) is 15.2. The maximum atomic E-state index is 12.7. The number of aliphatic hydroxyl groups excluding tert-OH is 1. The molecule has 1 amide bonds. The van der Waals surface area contributed by atoms with Gasteiger partial charge >= 0.3 is 7.82 Å². The summed E-state index contributed by atoms with van der Waals surface area (Å²) in [5, 5.41) is 13.7. The van der Waals surface area contributed by atoms with Crippen LogP contribution >= 0.6 is 7.82 Å². The first-order valence-corrected chi connectivity index (χ1v) is 19.9. The van der Waals surface area contributed by atoms with Gasteiger partial charge in [-0.2, -0.15) is 0 Å². The van der Waals surface area contributed by atoms with Crippen LogP contribution in [0.5, 0.6) is 0 Å². The highest BCUT2D eigenvalue weighted by molar-refractivity contribution is 7.47. The maximum Gasteiger partial charge on any atom is 0.472 e. The average molecular weight is 672 g/mol. The Hall–Kier alpha value is -1.28. The SMILES string of the molecule is CCCCC/C=C\C/C=C\CCCCCCCC(=O)NC(COP(=O)(O)OCC[N+](C)(C)C)C(O)/C=C/CCCCCCCCC. The van der Waals surface area contributed by atoms with Crippen molar-refractivity contribution in [2.75, 3.05) is 40.9 Å². The molecule has 3 N–H and O–H groups in total. The molecule has 270 valence electrons. The van der Waals surface area contributed by atoms with Crippen molar-refractivity contribution in [2.24, 2.45) is 0 Å². The topological polar surface area (TPSA) is 105 Å². The van der Waals surface area contributed by atoms with Crippen molar-refractivity contribution < 1.29 is 32.9 Å². The fourth-order valence-corrected chi connectivity index (χ4v) is 5.57. The lowest BCUT2D eigenvalue weighted by Crippen LogP contribution is -2.45. The van der Waals surface area contributed by atoms with E-state index in [-0.39, 0.29) is 19.1 Å². The fourth-order valence-electron chi connectivity index (χ4n) is 4.83. The van der Waals surface area contributed by atoms with Crippen molar-refractivity contribution >= 4 is 13.7 Å². The second-order valence-corrected chi connectivity index (χ2v) is 15.0. The second kappa shape index (κ2) is 29.8. The molecule has 0 fully saturated rings. The number of amides is 1. The molecule has 0 saturated carbocycles. The molecule has 9 heteroatoms. The number of quaternary nitrogens is 1. The Morgan fingerprint density at radius 1 is 0.739 bits per heavy atom. The predicted octanol–water partition coefficient (Wildman–Crippen LogP) is 9.18. The molecule has 8 nitrogen and oxygen atoms in total. The molecule has 0 aromatic rings. The number of unbranched alkanes of at least 4 members (excludes halogenated alkanes) is 15. The molecule has 0 heterocycles. The minimum atomic E-state index is -4.33. The summed E-state index contributed by atoms with van der Waals surface area (Å²) >= 11 is 0. The number of carbonyl (C=O) groups excluding carboxylic acids is 1. The van der Waals surface area contributed by atoms with Crippen LogP contribution < -0.4 is 5.32 Å². The third-order valence-corrected chi connectivity index (χ3v) is 8.84. The number of hydrogen-bond donors (Lipinski definition) is 3. The van der Waals surface area contributed by atoms with E-state index < -0.39 is 20.0 Å². The van der Waals surface area contributed by atoms with Crippen molar-refractivity contribution in [3.05, 3.63) is 36.5 Å². The number of allylic oxidation sites excluding steroid dienone is 5. The van der Waals surface area contributed by atoms with E-state index in [1.54, 1.807) is 6.08 Å². The van der Waals surface area contributed by atoms with E-state index in [4.69, 9.17) is 9.05 Å². The lowest BCUT2D eigenvalue weighted by Gasteiger charge is -2.25. The summed E-state index contributed by atoms with van der Waals surface area (Å²) in [5.41, 5.74) is 0. The van der Waals surface area contributed by atoms with Gasteiger partial charge in [0.2, 0.25) is 5.91 Å². The van der Waals surface area contributed by atoms with Crippen LogP contribution in [-0.2, 0) is 18.4 Å². The minimum Gasteiger partial charge on any atom is -0.387 e. The minimum absolute atomic E-state index is 0.0576. The Morgan fingerprint density at radius 3 is 1.83 bits per heavy atom. The third-order valence-electron chi connectivity index (χ3n) is 7.85. The molecule has 3 atom stereocenters. The van der Waals surface area contributed by atoms with Crippen LogP contribution in [0.4, 0.5) is 0 Å². The van der Waals surface area contributed by atoms with Gasteiger partial charge in [0.1, 0.15) is 13.2 Å². The van der Waals surface area contributed by atoms with E-state index in [2.05, 4.69) is 43.5 Å². The second-order valence-electron chi connectivity index (χ2n) is 13.6. The lowest BCUT2D eigenvalue weighted by atomic mass is 10.1. The van der Waals surface area contributed by atoms with E-state index in [0.717, 1.165) is 64.2 Å². The first-order chi connectivity index (χ1) is 22.0. The van der Waals surface area contributed by atoms with Crippen molar-refractivity contribution in [3.63, 3.8) is 0 Å². The molecule has 0 bridgehead atoms. The van der Waals surface area contributed by atoms with Crippen LogP contribution in [-0.4, -0.2) is 73.4 Å². The Bertz CT molecular complexity index is 855. The molecule has 0 aromatic carbocycles. The van der Waals surface area contributed by atoms with Gasteiger partial charge in [0.15, 0.2) is 0 Å². The summed E-state index contributed by atoms with van der Waals surface area (Å²) in [5.74, 6) is -0.197. The monoisotopic (exact) mass is 672 g/mol. The van der Waals surface area contributed by atoms with Crippen molar-refractivity contribution in [3.8, 4) is 0 Å². The molecule has 0 aliphatic carbocycles. The summed E-state index contributed by atoms with van der Waals surface area (Å²) in [6.07, 6.45) is 33.5. The number of aliphatic hydroxyl groups is 1. The molecule has 0 rings (SSSR count). The fraction of sp³-hybridized carbons (Fsp3) is 0.811. The number of nitrogens with one attached hydrogen (secondary N) is 1. The van der Waals surface area contributed by atoms with Crippen LogP contribution in [0, 0.1) is 0 Å². The van der Waals surface area contributed by atoms with Crippen molar-refractivity contribution in [1.29, 1.82) is 0 Å². The highest BCUT2D eigenvalue weighted by Crippen LogP contribution is 2.43. The Morgan fingerprint density at radius 2 is 1.24 bits per heavy atom. The summed E-state index contributed by atoms with van der Waals surface area (Å²) in [7, 11) is 1.55. The van der Waals surface area contributed by atoms with E-state index in [1.165, 1.54) is 57.8 Å². The van der Waals surface area contributed by atoms with E-state index in [0.29, 0.717) is 17.4 Å². The van der Waals surface area contributed by atoms with Gasteiger partial charge in [-0.1, -0.05) is 121 Å². The number of phosphoric ester groups is 1. The number of nitrogens with zero attached hydrogens (tertiary/aromatic N) is 1.